The Morgan fingerprint density at radius 3 is 2.50 bits per heavy atom. The van der Waals surface area contributed by atoms with Gasteiger partial charge in [0.05, 0.1) is 5.56 Å². The summed E-state index contributed by atoms with van der Waals surface area (Å²) in [6, 6.07) is 3.85. The van der Waals surface area contributed by atoms with Crippen molar-refractivity contribution < 1.29 is 17.7 Å². The van der Waals surface area contributed by atoms with E-state index in [2.05, 4.69) is 21.1 Å². The molecule has 0 atom stereocenters. The molecule has 2 rings (SSSR count). The third kappa shape index (κ3) is 2.22. The van der Waals surface area contributed by atoms with Crippen LogP contribution >= 0.6 is 15.9 Å². The first kappa shape index (κ1) is 12.9. The Labute approximate surface area is 109 Å². The second-order valence-electron chi connectivity index (χ2n) is 3.71. The van der Waals surface area contributed by atoms with E-state index >= 15 is 0 Å². The number of alkyl halides is 3. The SMILES string of the molecule is Cc1c(-c2ccc(Br)c(C(F)(F)F)c2)noc1N. The van der Waals surface area contributed by atoms with Crippen molar-refractivity contribution in [1.29, 1.82) is 0 Å². The van der Waals surface area contributed by atoms with Crippen LogP contribution in [0.5, 0.6) is 0 Å². The zero-order chi connectivity index (χ0) is 13.5. The van der Waals surface area contributed by atoms with Gasteiger partial charge >= 0.3 is 6.18 Å². The van der Waals surface area contributed by atoms with Gasteiger partial charge in [0, 0.05) is 15.6 Å². The Kier molecular flexibility index (Phi) is 3.10. The molecule has 0 amide bonds. The normalized spacial score (nSPS) is 11.8. The molecule has 1 aromatic carbocycles. The summed E-state index contributed by atoms with van der Waals surface area (Å²) in [7, 11) is 0. The minimum Gasteiger partial charge on any atom is -0.367 e. The Morgan fingerprint density at radius 2 is 2.00 bits per heavy atom. The smallest absolute Gasteiger partial charge is 0.367 e. The number of rotatable bonds is 1. The highest BCUT2D eigenvalue weighted by Gasteiger charge is 2.33. The number of halogens is 4. The Bertz CT molecular complexity index is 592. The summed E-state index contributed by atoms with van der Waals surface area (Å²) < 4.78 is 43.0. The molecule has 0 unspecified atom stereocenters. The fourth-order valence-corrected chi connectivity index (χ4v) is 1.98. The van der Waals surface area contributed by atoms with E-state index in [4.69, 9.17) is 10.3 Å². The zero-order valence-corrected chi connectivity index (χ0v) is 10.8. The molecule has 96 valence electrons. The van der Waals surface area contributed by atoms with E-state index in [-0.39, 0.29) is 10.4 Å². The van der Waals surface area contributed by atoms with Gasteiger partial charge in [0.25, 0.3) is 0 Å². The molecule has 18 heavy (non-hydrogen) atoms. The van der Waals surface area contributed by atoms with E-state index < -0.39 is 11.7 Å². The number of nitrogen functional groups attached to an aromatic ring is 1. The molecule has 3 nitrogen and oxygen atoms in total. The Hall–Kier alpha value is -1.50. The van der Waals surface area contributed by atoms with Crippen molar-refractivity contribution in [3.8, 4) is 11.3 Å². The van der Waals surface area contributed by atoms with Crippen molar-refractivity contribution in [2.45, 2.75) is 13.1 Å². The van der Waals surface area contributed by atoms with Crippen LogP contribution in [0.15, 0.2) is 27.2 Å². The lowest BCUT2D eigenvalue weighted by Gasteiger charge is -2.10. The summed E-state index contributed by atoms with van der Waals surface area (Å²) in [6.07, 6.45) is -4.43. The van der Waals surface area contributed by atoms with Gasteiger partial charge in [-0.3, -0.25) is 0 Å². The van der Waals surface area contributed by atoms with Crippen LogP contribution in [0.4, 0.5) is 19.1 Å². The maximum absolute atomic E-state index is 12.8. The lowest BCUT2D eigenvalue weighted by Crippen LogP contribution is -2.06. The van der Waals surface area contributed by atoms with E-state index in [0.29, 0.717) is 16.8 Å². The molecule has 0 spiro atoms. The molecular formula is C11H8BrF3N2O. The fraction of sp³-hybridized carbons (Fsp3) is 0.182. The number of nitrogens with zero attached hydrogens (tertiary/aromatic N) is 1. The van der Waals surface area contributed by atoms with Crippen LogP contribution in [-0.2, 0) is 6.18 Å². The van der Waals surface area contributed by atoms with Crippen molar-refractivity contribution >= 4 is 21.8 Å². The zero-order valence-electron chi connectivity index (χ0n) is 9.18. The van der Waals surface area contributed by atoms with Crippen LogP contribution in [0.1, 0.15) is 11.1 Å². The molecule has 1 aromatic heterocycles. The highest BCUT2D eigenvalue weighted by molar-refractivity contribution is 9.10. The summed E-state index contributed by atoms with van der Waals surface area (Å²) in [6.45, 7) is 1.64. The molecule has 0 radical (unpaired) electrons. The number of aromatic nitrogens is 1. The van der Waals surface area contributed by atoms with E-state index in [1.54, 1.807) is 6.92 Å². The van der Waals surface area contributed by atoms with Gasteiger partial charge in [-0.1, -0.05) is 27.2 Å². The molecule has 2 N–H and O–H groups in total. The summed E-state index contributed by atoms with van der Waals surface area (Å²) in [5.41, 5.74) is 5.85. The van der Waals surface area contributed by atoms with Gasteiger partial charge in [0.15, 0.2) is 0 Å². The molecule has 0 saturated carbocycles. The van der Waals surface area contributed by atoms with Gasteiger partial charge in [0.1, 0.15) is 5.69 Å². The molecule has 0 aliphatic rings. The van der Waals surface area contributed by atoms with Gasteiger partial charge in [-0.15, -0.1) is 0 Å². The third-order valence-electron chi connectivity index (χ3n) is 2.51. The quantitative estimate of drug-likeness (QED) is 0.863. The van der Waals surface area contributed by atoms with Crippen LogP contribution < -0.4 is 5.73 Å². The van der Waals surface area contributed by atoms with E-state index in [1.165, 1.54) is 12.1 Å². The minimum atomic E-state index is -4.43. The lowest BCUT2D eigenvalue weighted by atomic mass is 10.1. The van der Waals surface area contributed by atoms with Crippen molar-refractivity contribution in [3.63, 3.8) is 0 Å². The number of anilines is 1. The summed E-state index contributed by atoms with van der Waals surface area (Å²) in [4.78, 5) is 0. The molecule has 1 heterocycles. The summed E-state index contributed by atoms with van der Waals surface area (Å²) >= 11 is 2.87. The maximum atomic E-state index is 12.8. The first-order valence-electron chi connectivity index (χ1n) is 4.89. The topological polar surface area (TPSA) is 52.0 Å². The van der Waals surface area contributed by atoms with E-state index in [9.17, 15) is 13.2 Å². The molecule has 2 aromatic rings. The fourth-order valence-electron chi connectivity index (χ4n) is 1.51. The molecular weight excluding hydrogens is 313 g/mol. The molecule has 0 aliphatic heterocycles. The summed E-state index contributed by atoms with van der Waals surface area (Å²) in [5.74, 6) is 0.0986. The van der Waals surface area contributed by atoms with Crippen LogP contribution in [0.3, 0.4) is 0 Å². The molecule has 0 saturated heterocycles. The largest absolute Gasteiger partial charge is 0.417 e. The van der Waals surface area contributed by atoms with Gasteiger partial charge in [-0.05, 0) is 19.1 Å². The van der Waals surface area contributed by atoms with E-state index in [0.717, 1.165) is 6.07 Å². The van der Waals surface area contributed by atoms with Crippen molar-refractivity contribution in [2.75, 3.05) is 5.73 Å². The van der Waals surface area contributed by atoms with Crippen molar-refractivity contribution in [2.24, 2.45) is 0 Å². The molecule has 0 bridgehead atoms. The lowest BCUT2D eigenvalue weighted by molar-refractivity contribution is -0.138. The van der Waals surface area contributed by atoms with Crippen LogP contribution in [0.2, 0.25) is 0 Å². The van der Waals surface area contributed by atoms with Crippen LogP contribution in [-0.4, -0.2) is 5.16 Å². The number of benzene rings is 1. The van der Waals surface area contributed by atoms with Gasteiger partial charge in [-0.2, -0.15) is 13.2 Å². The number of nitrogens with two attached hydrogens (primary N) is 1. The summed E-state index contributed by atoms with van der Waals surface area (Å²) in [5, 5.41) is 3.66. The average molecular weight is 321 g/mol. The van der Waals surface area contributed by atoms with Crippen LogP contribution in [0.25, 0.3) is 11.3 Å². The van der Waals surface area contributed by atoms with Crippen molar-refractivity contribution in [1.82, 2.24) is 5.16 Å². The van der Waals surface area contributed by atoms with Gasteiger partial charge in [0.2, 0.25) is 5.88 Å². The molecule has 7 heteroatoms. The Morgan fingerprint density at radius 1 is 1.33 bits per heavy atom. The molecule has 0 fully saturated rings. The second kappa shape index (κ2) is 4.31. The average Bonchev–Trinajstić information content (AvgIpc) is 2.59. The molecule has 0 aliphatic carbocycles. The maximum Gasteiger partial charge on any atom is 0.417 e. The number of hydrogen-bond donors (Lipinski definition) is 1. The Balaban J connectivity index is 2.58. The van der Waals surface area contributed by atoms with Gasteiger partial charge < -0.3 is 10.3 Å². The predicted molar refractivity (Wildman–Crippen MR) is 63.8 cm³/mol. The second-order valence-corrected chi connectivity index (χ2v) is 4.57. The van der Waals surface area contributed by atoms with Gasteiger partial charge in [-0.25, -0.2) is 0 Å². The first-order chi connectivity index (χ1) is 8.30. The predicted octanol–water partition coefficient (Wildman–Crippen LogP) is 4.01. The third-order valence-corrected chi connectivity index (χ3v) is 3.20. The standard InChI is InChI=1S/C11H8BrF3N2O/c1-5-9(17-18-10(5)16)6-2-3-8(12)7(4-6)11(13,14)15/h2-4H,16H2,1H3. The highest BCUT2D eigenvalue weighted by atomic mass is 79.9. The highest BCUT2D eigenvalue weighted by Crippen LogP contribution is 2.38. The minimum absolute atomic E-state index is 0.0205. The van der Waals surface area contributed by atoms with E-state index in [1.807, 2.05) is 0 Å². The monoisotopic (exact) mass is 320 g/mol. The number of hydrogen-bond acceptors (Lipinski definition) is 3. The van der Waals surface area contributed by atoms with Crippen molar-refractivity contribution in [3.05, 3.63) is 33.8 Å². The van der Waals surface area contributed by atoms with Crippen LogP contribution in [0, 0.1) is 6.92 Å². The first-order valence-corrected chi connectivity index (χ1v) is 5.69.